The molecule has 2 rings (SSSR count). The van der Waals surface area contributed by atoms with Crippen LogP contribution in [0.3, 0.4) is 0 Å². The fraction of sp³-hybridized carbons (Fsp3) is 0.357. The lowest BCUT2D eigenvalue weighted by molar-refractivity contribution is 0.220. The molecule has 0 saturated heterocycles. The second-order valence-corrected chi connectivity index (χ2v) is 5.42. The van der Waals surface area contributed by atoms with Crippen LogP contribution in [0, 0.1) is 6.92 Å². The van der Waals surface area contributed by atoms with Crippen LogP contribution in [0.5, 0.6) is 0 Å². The van der Waals surface area contributed by atoms with Gasteiger partial charge in [-0.1, -0.05) is 28.9 Å². The Morgan fingerprint density at radius 1 is 1.33 bits per heavy atom. The first-order valence-electron chi connectivity index (χ1n) is 6.07. The number of halogens is 1. The molecule has 1 atom stereocenters. The van der Waals surface area contributed by atoms with Gasteiger partial charge in [-0.05, 0) is 36.6 Å². The van der Waals surface area contributed by atoms with Gasteiger partial charge in [0.05, 0.1) is 6.20 Å². The van der Waals surface area contributed by atoms with Gasteiger partial charge in [-0.3, -0.25) is 4.68 Å². The molecule has 1 heterocycles. The van der Waals surface area contributed by atoms with Gasteiger partial charge in [-0.25, -0.2) is 0 Å². The lowest BCUT2D eigenvalue weighted by Gasteiger charge is -2.10. The van der Waals surface area contributed by atoms with Crippen molar-refractivity contribution in [3.8, 4) is 0 Å². The SMILES string of the molecule is CCCn1cc(C(O)c2cc(C)cc(Br)c2)cn1. The first-order chi connectivity index (χ1) is 8.60. The maximum absolute atomic E-state index is 10.3. The predicted octanol–water partition coefficient (Wildman–Crippen LogP) is 3.45. The predicted molar refractivity (Wildman–Crippen MR) is 75.5 cm³/mol. The Morgan fingerprint density at radius 3 is 2.78 bits per heavy atom. The van der Waals surface area contributed by atoms with E-state index in [2.05, 4.69) is 28.0 Å². The summed E-state index contributed by atoms with van der Waals surface area (Å²) >= 11 is 3.45. The Kier molecular flexibility index (Phi) is 4.19. The zero-order chi connectivity index (χ0) is 13.1. The second-order valence-electron chi connectivity index (χ2n) is 4.50. The van der Waals surface area contributed by atoms with Gasteiger partial charge < -0.3 is 5.11 Å². The lowest BCUT2D eigenvalue weighted by Crippen LogP contribution is -2.00. The van der Waals surface area contributed by atoms with Gasteiger partial charge in [0, 0.05) is 22.8 Å². The van der Waals surface area contributed by atoms with Gasteiger partial charge in [0.15, 0.2) is 0 Å². The van der Waals surface area contributed by atoms with Crippen LogP contribution in [-0.2, 0) is 6.54 Å². The molecule has 0 aliphatic heterocycles. The summed E-state index contributed by atoms with van der Waals surface area (Å²) in [4.78, 5) is 0. The molecule has 1 aromatic carbocycles. The van der Waals surface area contributed by atoms with Crippen LogP contribution in [0.15, 0.2) is 35.1 Å². The molecule has 0 radical (unpaired) electrons. The highest BCUT2D eigenvalue weighted by molar-refractivity contribution is 9.10. The van der Waals surface area contributed by atoms with Gasteiger partial charge >= 0.3 is 0 Å². The molecular formula is C14H17BrN2O. The third-order valence-electron chi connectivity index (χ3n) is 2.80. The zero-order valence-electron chi connectivity index (χ0n) is 10.6. The quantitative estimate of drug-likeness (QED) is 0.939. The van der Waals surface area contributed by atoms with E-state index in [1.54, 1.807) is 6.20 Å². The van der Waals surface area contributed by atoms with E-state index in [9.17, 15) is 5.11 Å². The van der Waals surface area contributed by atoms with Gasteiger partial charge in [-0.15, -0.1) is 0 Å². The molecule has 0 amide bonds. The summed E-state index contributed by atoms with van der Waals surface area (Å²) in [7, 11) is 0. The van der Waals surface area contributed by atoms with Crippen molar-refractivity contribution < 1.29 is 5.11 Å². The summed E-state index contributed by atoms with van der Waals surface area (Å²) in [6.07, 6.45) is 4.06. The molecule has 0 bridgehead atoms. The molecule has 18 heavy (non-hydrogen) atoms. The Hall–Kier alpha value is -1.13. The Bertz CT molecular complexity index is 516. The van der Waals surface area contributed by atoms with E-state index in [0.717, 1.165) is 34.1 Å². The van der Waals surface area contributed by atoms with Gasteiger partial charge in [-0.2, -0.15) is 5.10 Å². The van der Waals surface area contributed by atoms with E-state index in [0.29, 0.717) is 0 Å². The number of hydrogen-bond donors (Lipinski definition) is 1. The van der Waals surface area contributed by atoms with E-state index < -0.39 is 6.10 Å². The standard InChI is InChI=1S/C14H17BrN2O/c1-3-4-17-9-12(8-16-17)14(18)11-5-10(2)6-13(15)7-11/h5-9,14,18H,3-4H2,1-2H3. The van der Waals surface area contributed by atoms with Crippen molar-refractivity contribution in [2.45, 2.75) is 32.9 Å². The lowest BCUT2D eigenvalue weighted by atomic mass is 10.0. The minimum atomic E-state index is -0.619. The van der Waals surface area contributed by atoms with Gasteiger partial charge in [0.1, 0.15) is 6.10 Å². The second kappa shape index (κ2) is 5.67. The Labute approximate surface area is 116 Å². The first-order valence-corrected chi connectivity index (χ1v) is 6.87. The van der Waals surface area contributed by atoms with Crippen molar-refractivity contribution >= 4 is 15.9 Å². The molecule has 0 aliphatic carbocycles. The van der Waals surface area contributed by atoms with Gasteiger partial charge in [0.25, 0.3) is 0 Å². The maximum Gasteiger partial charge on any atom is 0.107 e. The molecule has 2 aromatic rings. The molecule has 3 nitrogen and oxygen atoms in total. The molecule has 1 unspecified atom stereocenters. The highest BCUT2D eigenvalue weighted by Crippen LogP contribution is 2.25. The van der Waals surface area contributed by atoms with Crippen molar-refractivity contribution in [3.05, 3.63) is 51.8 Å². The summed E-state index contributed by atoms with van der Waals surface area (Å²) < 4.78 is 2.85. The largest absolute Gasteiger partial charge is 0.384 e. The van der Waals surface area contributed by atoms with Crippen LogP contribution >= 0.6 is 15.9 Å². The molecule has 1 aromatic heterocycles. The number of nitrogens with zero attached hydrogens (tertiary/aromatic N) is 2. The highest BCUT2D eigenvalue weighted by Gasteiger charge is 2.13. The van der Waals surface area contributed by atoms with E-state index in [1.807, 2.05) is 36.0 Å². The average Bonchev–Trinajstić information content (AvgIpc) is 2.76. The average molecular weight is 309 g/mol. The number of hydrogen-bond acceptors (Lipinski definition) is 2. The van der Waals surface area contributed by atoms with Gasteiger partial charge in [0.2, 0.25) is 0 Å². The minimum absolute atomic E-state index is 0.619. The highest BCUT2D eigenvalue weighted by atomic mass is 79.9. The van der Waals surface area contributed by atoms with Crippen molar-refractivity contribution in [2.75, 3.05) is 0 Å². The topological polar surface area (TPSA) is 38.0 Å². The van der Waals surface area contributed by atoms with E-state index in [1.165, 1.54) is 0 Å². The number of aryl methyl sites for hydroxylation is 2. The normalized spacial score (nSPS) is 12.7. The third-order valence-corrected chi connectivity index (χ3v) is 3.26. The van der Waals surface area contributed by atoms with Crippen LogP contribution in [0.2, 0.25) is 0 Å². The van der Waals surface area contributed by atoms with E-state index in [-0.39, 0.29) is 0 Å². The molecule has 0 fully saturated rings. The summed E-state index contributed by atoms with van der Waals surface area (Å²) in [5, 5.41) is 14.6. The van der Waals surface area contributed by atoms with E-state index in [4.69, 9.17) is 0 Å². The summed E-state index contributed by atoms with van der Waals surface area (Å²) in [5.41, 5.74) is 2.85. The summed E-state index contributed by atoms with van der Waals surface area (Å²) in [6, 6.07) is 5.96. The molecule has 1 N–H and O–H groups in total. The van der Waals surface area contributed by atoms with Crippen molar-refractivity contribution in [1.82, 2.24) is 9.78 Å². The van der Waals surface area contributed by atoms with Crippen molar-refractivity contribution in [3.63, 3.8) is 0 Å². The molecular weight excluding hydrogens is 292 g/mol. The maximum atomic E-state index is 10.3. The third kappa shape index (κ3) is 3.00. The van der Waals surface area contributed by atoms with Crippen LogP contribution < -0.4 is 0 Å². The monoisotopic (exact) mass is 308 g/mol. The van der Waals surface area contributed by atoms with Crippen LogP contribution in [-0.4, -0.2) is 14.9 Å². The fourth-order valence-electron chi connectivity index (χ4n) is 1.99. The van der Waals surface area contributed by atoms with Crippen LogP contribution in [0.4, 0.5) is 0 Å². The molecule has 0 saturated carbocycles. The number of aromatic nitrogens is 2. The first kappa shape index (κ1) is 13.3. The zero-order valence-corrected chi connectivity index (χ0v) is 12.2. The van der Waals surface area contributed by atoms with Crippen LogP contribution in [0.25, 0.3) is 0 Å². The summed E-state index contributed by atoms with van der Waals surface area (Å²) in [6.45, 7) is 5.00. The smallest absolute Gasteiger partial charge is 0.107 e. The van der Waals surface area contributed by atoms with E-state index >= 15 is 0 Å². The number of benzene rings is 1. The number of rotatable bonds is 4. The molecule has 4 heteroatoms. The molecule has 0 aliphatic rings. The number of aliphatic hydroxyl groups excluding tert-OH is 1. The Morgan fingerprint density at radius 2 is 2.11 bits per heavy atom. The number of aliphatic hydroxyl groups is 1. The molecule has 0 spiro atoms. The molecule has 96 valence electrons. The summed E-state index contributed by atoms with van der Waals surface area (Å²) in [5.74, 6) is 0. The van der Waals surface area contributed by atoms with Crippen LogP contribution in [0.1, 0.15) is 36.1 Å². The minimum Gasteiger partial charge on any atom is -0.384 e. The van der Waals surface area contributed by atoms with Crippen molar-refractivity contribution in [1.29, 1.82) is 0 Å². The van der Waals surface area contributed by atoms with Crippen molar-refractivity contribution in [2.24, 2.45) is 0 Å². The fourth-order valence-corrected chi connectivity index (χ4v) is 2.61. The Balaban J connectivity index is 2.26.